The molecule has 2 rings (SSSR count). The molecule has 17 heavy (non-hydrogen) atoms. The van der Waals surface area contributed by atoms with Gasteiger partial charge in [-0.05, 0) is 38.8 Å². The van der Waals surface area contributed by atoms with Gasteiger partial charge in [0.15, 0.2) is 0 Å². The number of hydrogen-bond donors (Lipinski definition) is 1. The summed E-state index contributed by atoms with van der Waals surface area (Å²) in [5.74, 6) is 0.0300. The van der Waals surface area contributed by atoms with Gasteiger partial charge < -0.3 is 14.6 Å². The van der Waals surface area contributed by atoms with Crippen molar-refractivity contribution in [2.45, 2.75) is 38.8 Å². The molecule has 1 aliphatic heterocycles. The molecule has 1 saturated heterocycles. The second kappa shape index (κ2) is 4.92. The fraction of sp³-hybridized carbons (Fsp3) is 0.615. The van der Waals surface area contributed by atoms with Gasteiger partial charge in [0.25, 0.3) is 5.91 Å². The molecule has 1 aromatic heterocycles. The Labute approximate surface area is 102 Å². The van der Waals surface area contributed by atoms with Crippen molar-refractivity contribution in [3.63, 3.8) is 0 Å². The van der Waals surface area contributed by atoms with Gasteiger partial charge in [-0.2, -0.15) is 0 Å². The van der Waals surface area contributed by atoms with Gasteiger partial charge in [0.05, 0.1) is 6.10 Å². The number of rotatable bonds is 2. The molecular formula is C13H20N2O2. The van der Waals surface area contributed by atoms with E-state index in [0.29, 0.717) is 12.2 Å². The minimum Gasteiger partial charge on any atom is -0.391 e. The minimum atomic E-state index is -0.366. The summed E-state index contributed by atoms with van der Waals surface area (Å²) >= 11 is 0. The molecule has 1 amide bonds. The van der Waals surface area contributed by atoms with Crippen LogP contribution in [-0.4, -0.2) is 39.7 Å². The van der Waals surface area contributed by atoms with Crippen LogP contribution in [0, 0.1) is 0 Å². The van der Waals surface area contributed by atoms with Crippen molar-refractivity contribution in [1.29, 1.82) is 0 Å². The first kappa shape index (κ1) is 12.2. The van der Waals surface area contributed by atoms with Gasteiger partial charge in [0.1, 0.15) is 5.69 Å². The lowest BCUT2D eigenvalue weighted by atomic mass is 10.1. The number of aromatic nitrogens is 1. The maximum atomic E-state index is 12.3. The van der Waals surface area contributed by atoms with Crippen molar-refractivity contribution in [3.8, 4) is 0 Å². The number of hydrogen-bond acceptors (Lipinski definition) is 2. The molecule has 1 N–H and O–H groups in total. The van der Waals surface area contributed by atoms with Gasteiger partial charge in [-0.1, -0.05) is 0 Å². The highest BCUT2D eigenvalue weighted by Gasteiger charge is 2.25. The molecule has 4 nitrogen and oxygen atoms in total. The van der Waals surface area contributed by atoms with Crippen molar-refractivity contribution >= 4 is 5.91 Å². The standard InChI is InChI=1S/C13H20N2O2/c1-10(2)15-8-4-6-12(15)13(17)14-7-3-5-11(16)9-14/h4,6,8,10-11,16H,3,5,7,9H2,1-2H3/t11-/m0/s1. The maximum Gasteiger partial charge on any atom is 0.270 e. The molecular weight excluding hydrogens is 216 g/mol. The van der Waals surface area contributed by atoms with Gasteiger partial charge in [0.2, 0.25) is 0 Å². The highest BCUT2D eigenvalue weighted by molar-refractivity contribution is 5.92. The fourth-order valence-electron chi connectivity index (χ4n) is 2.33. The van der Waals surface area contributed by atoms with E-state index in [4.69, 9.17) is 0 Å². The number of aliphatic hydroxyl groups is 1. The zero-order valence-electron chi connectivity index (χ0n) is 10.5. The van der Waals surface area contributed by atoms with Gasteiger partial charge >= 0.3 is 0 Å². The van der Waals surface area contributed by atoms with Crippen LogP contribution in [0.15, 0.2) is 18.3 Å². The first-order valence-electron chi connectivity index (χ1n) is 6.23. The van der Waals surface area contributed by atoms with Crippen LogP contribution in [0.1, 0.15) is 43.2 Å². The van der Waals surface area contributed by atoms with Crippen LogP contribution in [-0.2, 0) is 0 Å². The summed E-state index contributed by atoms with van der Waals surface area (Å²) in [6.45, 7) is 5.32. The molecule has 0 saturated carbocycles. The second-order valence-corrected chi connectivity index (χ2v) is 4.94. The average molecular weight is 236 g/mol. The number of amides is 1. The SMILES string of the molecule is CC(C)n1cccc1C(=O)N1CCC[C@H](O)C1. The molecule has 1 atom stereocenters. The third kappa shape index (κ3) is 2.52. The van der Waals surface area contributed by atoms with Crippen LogP contribution in [0.25, 0.3) is 0 Å². The normalized spacial score (nSPS) is 20.9. The molecule has 0 aromatic carbocycles. The summed E-state index contributed by atoms with van der Waals surface area (Å²) in [5.41, 5.74) is 0.717. The quantitative estimate of drug-likeness (QED) is 0.849. The fourth-order valence-corrected chi connectivity index (χ4v) is 2.33. The van der Waals surface area contributed by atoms with Crippen molar-refractivity contribution < 1.29 is 9.90 Å². The van der Waals surface area contributed by atoms with Crippen LogP contribution >= 0.6 is 0 Å². The summed E-state index contributed by atoms with van der Waals surface area (Å²) in [4.78, 5) is 14.1. The van der Waals surface area contributed by atoms with Crippen molar-refractivity contribution in [2.75, 3.05) is 13.1 Å². The molecule has 1 fully saturated rings. The van der Waals surface area contributed by atoms with E-state index in [1.54, 1.807) is 4.90 Å². The Morgan fingerprint density at radius 1 is 1.53 bits per heavy atom. The van der Waals surface area contributed by atoms with Crippen LogP contribution in [0.2, 0.25) is 0 Å². The molecule has 94 valence electrons. The molecule has 0 bridgehead atoms. The third-order valence-corrected chi connectivity index (χ3v) is 3.24. The zero-order valence-corrected chi connectivity index (χ0v) is 10.5. The first-order chi connectivity index (χ1) is 8.09. The van der Waals surface area contributed by atoms with E-state index in [2.05, 4.69) is 13.8 Å². The predicted molar refractivity (Wildman–Crippen MR) is 66.0 cm³/mol. The van der Waals surface area contributed by atoms with Crippen molar-refractivity contribution in [2.24, 2.45) is 0 Å². The Bertz CT molecular complexity index is 398. The number of likely N-dealkylation sites (tertiary alicyclic amines) is 1. The van der Waals surface area contributed by atoms with Gasteiger partial charge in [0, 0.05) is 25.3 Å². The van der Waals surface area contributed by atoms with E-state index in [1.807, 2.05) is 22.9 Å². The zero-order chi connectivity index (χ0) is 12.4. The van der Waals surface area contributed by atoms with E-state index >= 15 is 0 Å². The summed E-state index contributed by atoms with van der Waals surface area (Å²) in [6, 6.07) is 4.02. The van der Waals surface area contributed by atoms with Gasteiger partial charge in [-0.3, -0.25) is 4.79 Å². The number of β-amino-alcohol motifs (C(OH)–C–C–N with tert-alkyl or cyclic N) is 1. The Hall–Kier alpha value is -1.29. The minimum absolute atomic E-state index is 0.0300. The Balaban J connectivity index is 2.16. The Morgan fingerprint density at radius 3 is 2.94 bits per heavy atom. The van der Waals surface area contributed by atoms with E-state index < -0.39 is 0 Å². The molecule has 0 aliphatic carbocycles. The molecule has 0 spiro atoms. The summed E-state index contributed by atoms with van der Waals surface area (Å²) in [5, 5.41) is 9.60. The summed E-state index contributed by atoms with van der Waals surface area (Å²) in [7, 11) is 0. The highest BCUT2D eigenvalue weighted by Crippen LogP contribution is 2.17. The summed E-state index contributed by atoms with van der Waals surface area (Å²) < 4.78 is 1.98. The number of aliphatic hydroxyl groups excluding tert-OH is 1. The lowest BCUT2D eigenvalue weighted by molar-refractivity contribution is 0.0464. The average Bonchev–Trinajstić information content (AvgIpc) is 2.77. The first-order valence-corrected chi connectivity index (χ1v) is 6.23. The number of piperidine rings is 1. The number of carbonyl (C=O) groups is 1. The largest absolute Gasteiger partial charge is 0.391 e. The maximum absolute atomic E-state index is 12.3. The molecule has 4 heteroatoms. The van der Waals surface area contributed by atoms with Crippen LogP contribution in [0.4, 0.5) is 0 Å². The van der Waals surface area contributed by atoms with E-state index in [-0.39, 0.29) is 18.1 Å². The number of carbonyl (C=O) groups excluding carboxylic acids is 1. The van der Waals surface area contributed by atoms with Crippen LogP contribution in [0.5, 0.6) is 0 Å². The monoisotopic (exact) mass is 236 g/mol. The predicted octanol–water partition coefficient (Wildman–Crippen LogP) is 1.67. The number of nitrogens with zero attached hydrogens (tertiary/aromatic N) is 2. The molecule has 2 heterocycles. The topological polar surface area (TPSA) is 45.5 Å². The highest BCUT2D eigenvalue weighted by atomic mass is 16.3. The smallest absolute Gasteiger partial charge is 0.270 e. The third-order valence-electron chi connectivity index (χ3n) is 3.24. The second-order valence-electron chi connectivity index (χ2n) is 4.94. The van der Waals surface area contributed by atoms with Crippen LogP contribution < -0.4 is 0 Å². The summed E-state index contributed by atoms with van der Waals surface area (Å²) in [6.07, 6.45) is 3.25. The Kier molecular flexibility index (Phi) is 3.52. The molecule has 0 unspecified atom stereocenters. The van der Waals surface area contributed by atoms with E-state index in [0.717, 1.165) is 19.4 Å². The molecule has 0 radical (unpaired) electrons. The lowest BCUT2D eigenvalue weighted by Gasteiger charge is -2.30. The van der Waals surface area contributed by atoms with Gasteiger partial charge in [-0.25, -0.2) is 0 Å². The lowest BCUT2D eigenvalue weighted by Crippen LogP contribution is -2.42. The van der Waals surface area contributed by atoms with Crippen molar-refractivity contribution in [3.05, 3.63) is 24.0 Å². The van der Waals surface area contributed by atoms with Crippen molar-refractivity contribution in [1.82, 2.24) is 9.47 Å². The van der Waals surface area contributed by atoms with E-state index in [1.165, 1.54) is 0 Å². The molecule has 1 aliphatic rings. The molecule has 1 aromatic rings. The Morgan fingerprint density at radius 2 is 2.29 bits per heavy atom. The van der Waals surface area contributed by atoms with Crippen LogP contribution in [0.3, 0.4) is 0 Å². The van der Waals surface area contributed by atoms with Gasteiger partial charge in [-0.15, -0.1) is 0 Å². The van der Waals surface area contributed by atoms with E-state index in [9.17, 15) is 9.90 Å².